The van der Waals surface area contributed by atoms with Crippen molar-refractivity contribution >= 4 is 32.1 Å². The van der Waals surface area contributed by atoms with Gasteiger partial charge in [0.25, 0.3) is 0 Å². The number of carbonyl (C=O) groups is 4. The number of aliphatic carboxylic acids is 1. The van der Waals surface area contributed by atoms with Crippen LogP contribution in [0.15, 0.2) is 84.9 Å². The number of benzene rings is 4. The van der Waals surface area contributed by atoms with Crippen LogP contribution >= 0.6 is 0 Å². The van der Waals surface area contributed by atoms with Crippen molar-refractivity contribution in [1.29, 1.82) is 0 Å². The predicted octanol–water partition coefficient (Wildman–Crippen LogP) is 4.97. The molecule has 0 aliphatic carbocycles. The topological polar surface area (TPSA) is 237 Å². The van der Waals surface area contributed by atoms with Crippen molar-refractivity contribution in [2.45, 2.75) is 101 Å². The molecule has 6 rings (SSSR count). The maximum absolute atomic E-state index is 13.4. The molecular formula is C52H59BF14N4NaO11. The second-order valence-electron chi connectivity index (χ2n) is 17.9. The minimum atomic E-state index is -4.95. The van der Waals surface area contributed by atoms with E-state index in [2.05, 4.69) is 15.1 Å². The first-order valence-corrected chi connectivity index (χ1v) is 23.9. The van der Waals surface area contributed by atoms with Crippen LogP contribution in [0.1, 0.15) is 91.0 Å². The van der Waals surface area contributed by atoms with Crippen LogP contribution in [0, 0.1) is 11.6 Å². The van der Waals surface area contributed by atoms with Gasteiger partial charge in [-0.2, -0.15) is 52.7 Å². The molecule has 455 valence electrons. The van der Waals surface area contributed by atoms with Gasteiger partial charge >= 0.3 is 66.2 Å². The monoisotopic (exact) mass is 1220 g/mol. The molecule has 0 aromatic heterocycles. The number of carbonyl (C=O) groups excluding carboxylic acids is 4. The molecule has 4 aromatic rings. The Hall–Kier alpha value is -5.28. The molecule has 2 heterocycles. The van der Waals surface area contributed by atoms with E-state index in [0.29, 0.717) is 80.4 Å². The van der Waals surface area contributed by atoms with Crippen LogP contribution in [0.25, 0.3) is 0 Å². The smallest absolute Gasteiger partial charge is 0.550 e. The summed E-state index contributed by atoms with van der Waals surface area (Å²) < 4.78 is 203. The number of ketones is 1. The van der Waals surface area contributed by atoms with E-state index in [1.54, 1.807) is 0 Å². The van der Waals surface area contributed by atoms with Crippen LogP contribution in [0.4, 0.5) is 61.5 Å². The van der Waals surface area contributed by atoms with Gasteiger partial charge in [0.05, 0.1) is 73.0 Å². The predicted molar refractivity (Wildman–Crippen MR) is 263 cm³/mol. The van der Waals surface area contributed by atoms with Crippen LogP contribution in [0.2, 0.25) is 0 Å². The number of rotatable bonds is 14. The number of nitrogens with one attached hydrogen (secondary N) is 1. The number of hydrogen-bond donors (Lipinski definition) is 4. The fourth-order valence-electron chi connectivity index (χ4n) is 6.91. The zero-order valence-corrected chi connectivity index (χ0v) is 47.2. The SMILES string of the molecule is CC(=O)OOC(C)=O.CC(=O)[O-].NC(CNC1CCOCC1)(COCc1cc(C(F)(F)F)cc(C(F)(F)F)c1)c1ccc(F)cc1.NCC(N)(COCc1cc(C(F)(F)F)cc(C(F)(F)F)c1)c1ccc(F)cc1.O=C1CCOCC1.[B].[Na+]. The number of alkyl halides is 12. The molecular weight excluding hydrogens is 1160 g/mol. The van der Waals surface area contributed by atoms with Crippen molar-refractivity contribution in [3.05, 3.63) is 141 Å². The van der Waals surface area contributed by atoms with Gasteiger partial charge in [-0.15, -0.1) is 0 Å². The van der Waals surface area contributed by atoms with E-state index in [4.69, 9.17) is 46.0 Å². The fraction of sp³-hybridized carbons (Fsp3) is 0.462. The Labute approximate surface area is 492 Å². The van der Waals surface area contributed by atoms with E-state index in [1.807, 2.05) is 0 Å². The molecule has 0 amide bonds. The van der Waals surface area contributed by atoms with Gasteiger partial charge in [-0.1, -0.05) is 24.3 Å². The van der Waals surface area contributed by atoms with Gasteiger partial charge < -0.3 is 51.4 Å². The second-order valence-corrected chi connectivity index (χ2v) is 17.9. The standard InChI is InChI=1S/C23H25F7N2O2.C18H17F7N2O.C5H8O2.C4H6O4.C2H4O2.B.Na/c24-19-3-1-16(2-4-19)21(31,13-32-20-5-7-33-8-6-20)14-34-12-15-9-17(22(25,26)27)11-18(10-15)23(28,29)30;19-15-3-1-12(2-4-15)16(27,9-26)10-28-8-11-5-13(17(20,21)22)7-14(6-11)18(23,24)25;6-5-1-3-7-4-2-5;1-3(5)7-8-4(2)6;1-2(3)4;;/h1-4,9-11,20,32H,5-8,12-14,31H2;1-7H,8-10,26-27H2;1-4H2;1-2H3;1H3,(H,3,4);;/q;;;;;;+1/p-1. The number of hydrogen-bond acceptors (Lipinski definition) is 15. The molecule has 0 spiro atoms. The molecule has 2 aliphatic rings. The molecule has 3 radical (unpaired) electrons. The van der Waals surface area contributed by atoms with Crippen LogP contribution in [-0.2, 0) is 96.9 Å². The summed E-state index contributed by atoms with van der Waals surface area (Å²) in [6, 6.07) is 13.0. The summed E-state index contributed by atoms with van der Waals surface area (Å²) in [6.45, 7) is 4.15. The van der Waals surface area contributed by atoms with E-state index in [0.717, 1.165) is 45.7 Å². The van der Waals surface area contributed by atoms with Crippen molar-refractivity contribution in [2.24, 2.45) is 17.2 Å². The van der Waals surface area contributed by atoms with E-state index >= 15 is 0 Å². The van der Waals surface area contributed by atoms with Crippen molar-refractivity contribution in [1.82, 2.24) is 5.32 Å². The normalized spacial score (nSPS) is 15.1. The van der Waals surface area contributed by atoms with Crippen molar-refractivity contribution in [3.8, 4) is 0 Å². The number of nitrogens with two attached hydrogens (primary N) is 3. The molecule has 2 atom stereocenters. The second kappa shape index (κ2) is 35.9. The minimum absolute atomic E-state index is 0. The van der Waals surface area contributed by atoms with Crippen molar-refractivity contribution in [3.63, 3.8) is 0 Å². The summed E-state index contributed by atoms with van der Waals surface area (Å²) in [5, 5.41) is 12.2. The zero-order chi connectivity index (χ0) is 61.4. The van der Waals surface area contributed by atoms with Gasteiger partial charge in [-0.3, -0.25) is 4.79 Å². The Bertz CT molecular complexity index is 2520. The third-order valence-electron chi connectivity index (χ3n) is 11.0. The van der Waals surface area contributed by atoms with Crippen molar-refractivity contribution < 1.29 is 144 Å². The molecule has 4 aromatic carbocycles. The van der Waals surface area contributed by atoms with Gasteiger partial charge in [0, 0.05) is 73.4 Å². The molecule has 7 N–H and O–H groups in total. The molecule has 0 bridgehead atoms. The Morgan fingerprint density at radius 3 is 1.17 bits per heavy atom. The summed E-state index contributed by atoms with van der Waals surface area (Å²) in [5.41, 5.74) is 10.4. The third kappa shape index (κ3) is 30.4. The van der Waals surface area contributed by atoms with Gasteiger partial charge in [-0.25, -0.2) is 28.1 Å². The molecule has 2 aliphatic heterocycles. The Kier molecular flexibility index (Phi) is 33.6. The number of carboxylic acids is 1. The Morgan fingerprint density at radius 2 is 0.880 bits per heavy atom. The largest absolute Gasteiger partial charge is 1.00 e. The average Bonchev–Trinajstić information content (AvgIpc) is 3.60. The molecule has 2 fully saturated rings. The number of carboxylic acid groups (broad SMARTS) is 1. The third-order valence-corrected chi connectivity index (χ3v) is 11.0. The van der Waals surface area contributed by atoms with Gasteiger partial charge in [0.2, 0.25) is 0 Å². The molecule has 31 heteroatoms. The number of halogens is 14. The zero-order valence-electron chi connectivity index (χ0n) is 45.2. The summed E-state index contributed by atoms with van der Waals surface area (Å²) >= 11 is 0. The summed E-state index contributed by atoms with van der Waals surface area (Å²) in [6.07, 6.45) is -17.0. The fourth-order valence-corrected chi connectivity index (χ4v) is 6.91. The van der Waals surface area contributed by atoms with Crippen LogP contribution in [-0.4, -0.2) is 90.9 Å². The van der Waals surface area contributed by atoms with Crippen LogP contribution < -0.4 is 57.2 Å². The first-order valence-electron chi connectivity index (χ1n) is 23.9. The van der Waals surface area contributed by atoms with E-state index in [9.17, 15) is 75.8 Å². The maximum Gasteiger partial charge on any atom is 1.00 e. The summed E-state index contributed by atoms with van der Waals surface area (Å²) in [7, 11) is 0. The molecule has 2 saturated heterocycles. The van der Waals surface area contributed by atoms with E-state index in [-0.39, 0.29) is 93.6 Å². The first kappa shape index (κ1) is 77.7. The summed E-state index contributed by atoms with van der Waals surface area (Å²) in [5.74, 6) is -3.01. The van der Waals surface area contributed by atoms with E-state index in [1.165, 1.54) is 36.4 Å². The van der Waals surface area contributed by atoms with Crippen molar-refractivity contribution in [2.75, 3.05) is 52.7 Å². The molecule has 15 nitrogen and oxygen atoms in total. The van der Waals surface area contributed by atoms with Gasteiger partial charge in [0.15, 0.2) is 0 Å². The molecule has 2 unspecified atom stereocenters. The Morgan fingerprint density at radius 1 is 0.566 bits per heavy atom. The molecule has 0 saturated carbocycles. The first-order chi connectivity index (χ1) is 37.5. The van der Waals surface area contributed by atoms with Gasteiger partial charge in [-0.05, 0) is 103 Å². The van der Waals surface area contributed by atoms with Crippen LogP contribution in [0.3, 0.4) is 0 Å². The minimum Gasteiger partial charge on any atom is -0.550 e. The van der Waals surface area contributed by atoms with Gasteiger partial charge in [0.1, 0.15) is 17.4 Å². The number of ether oxygens (including phenoxy) is 4. The maximum atomic E-state index is 13.4. The average molecular weight is 1220 g/mol. The van der Waals surface area contributed by atoms with E-state index < -0.39 is 101 Å². The van der Waals surface area contributed by atoms with Crippen LogP contribution in [0.5, 0.6) is 0 Å². The quantitative estimate of drug-likeness (QED) is 0.0565. The number of Topliss-reactive ketones (excluding diaryl/α,β-unsaturated/α-hetero) is 1. The summed E-state index contributed by atoms with van der Waals surface area (Å²) in [4.78, 5) is 46.6. The molecule has 83 heavy (non-hydrogen) atoms. The Balaban J connectivity index is 0.00000122.